The van der Waals surface area contributed by atoms with E-state index >= 15 is 0 Å². The molecule has 2 saturated heterocycles. The van der Waals surface area contributed by atoms with Crippen molar-refractivity contribution in [2.75, 3.05) is 25.4 Å². The number of amides is 2. The number of aliphatic carboxylic acids is 1. The quantitative estimate of drug-likeness (QED) is 0.830. The Labute approximate surface area is 122 Å². The molecule has 0 radical (unpaired) electrons. The minimum absolute atomic E-state index is 0.0118. The predicted molar refractivity (Wildman–Crippen MR) is 75.6 cm³/mol. The number of thioether (sulfide) groups is 1. The Morgan fingerprint density at radius 1 is 1.30 bits per heavy atom. The maximum Gasteiger partial charge on any atom is 0.303 e. The Bertz CT molecular complexity index is 402. The van der Waals surface area contributed by atoms with E-state index in [1.807, 2.05) is 0 Å². The van der Waals surface area contributed by atoms with Crippen LogP contribution in [0, 0.1) is 0 Å². The highest BCUT2D eigenvalue weighted by Crippen LogP contribution is 2.23. The first kappa shape index (κ1) is 15.2. The molecule has 2 aliphatic heterocycles. The van der Waals surface area contributed by atoms with Crippen LogP contribution in [-0.2, 0) is 9.59 Å². The Kier molecular flexibility index (Phi) is 5.28. The summed E-state index contributed by atoms with van der Waals surface area (Å²) >= 11 is 1.25. The van der Waals surface area contributed by atoms with Gasteiger partial charge in [0.15, 0.2) is 0 Å². The van der Waals surface area contributed by atoms with Gasteiger partial charge in [0.05, 0.1) is 0 Å². The average Bonchev–Trinajstić information content (AvgIpc) is 2.82. The number of carboxylic acid groups (broad SMARTS) is 1. The largest absolute Gasteiger partial charge is 0.481 e. The van der Waals surface area contributed by atoms with Gasteiger partial charge >= 0.3 is 5.97 Å². The molecular formula is C13H20N2O4S. The third kappa shape index (κ3) is 3.88. The van der Waals surface area contributed by atoms with E-state index in [2.05, 4.69) is 0 Å². The molecule has 1 atom stereocenters. The molecule has 20 heavy (non-hydrogen) atoms. The van der Waals surface area contributed by atoms with Crippen molar-refractivity contribution in [3.05, 3.63) is 0 Å². The molecule has 7 heteroatoms. The summed E-state index contributed by atoms with van der Waals surface area (Å²) in [4.78, 5) is 37.9. The lowest BCUT2D eigenvalue weighted by atomic mass is 9.98. The van der Waals surface area contributed by atoms with Crippen molar-refractivity contribution in [1.29, 1.82) is 0 Å². The van der Waals surface area contributed by atoms with Gasteiger partial charge < -0.3 is 14.9 Å². The second-order valence-corrected chi connectivity index (χ2v) is 6.25. The van der Waals surface area contributed by atoms with Crippen LogP contribution in [0.4, 0.5) is 4.79 Å². The van der Waals surface area contributed by atoms with Crippen molar-refractivity contribution in [2.45, 2.75) is 38.1 Å². The van der Waals surface area contributed by atoms with Gasteiger partial charge in [0.1, 0.15) is 6.54 Å². The van der Waals surface area contributed by atoms with Gasteiger partial charge in [0.25, 0.3) is 5.24 Å². The Morgan fingerprint density at radius 3 is 2.75 bits per heavy atom. The van der Waals surface area contributed by atoms with Crippen LogP contribution in [-0.4, -0.2) is 63.5 Å². The zero-order valence-electron chi connectivity index (χ0n) is 11.4. The molecule has 2 amide bonds. The molecule has 1 N–H and O–H groups in total. The monoisotopic (exact) mass is 300 g/mol. The summed E-state index contributed by atoms with van der Waals surface area (Å²) in [5, 5.41) is 8.74. The van der Waals surface area contributed by atoms with Crippen molar-refractivity contribution in [2.24, 2.45) is 0 Å². The standard InChI is InChI=1S/C13H20N2O4S/c16-11(9-14-7-8-20-13(14)19)15-6-2-1-3-10(15)4-5-12(17)18/h10H,1-9H2,(H,17,18). The summed E-state index contributed by atoms with van der Waals surface area (Å²) in [6.07, 6.45) is 3.45. The van der Waals surface area contributed by atoms with Gasteiger partial charge in [-0.05, 0) is 25.7 Å². The zero-order valence-corrected chi connectivity index (χ0v) is 12.2. The lowest BCUT2D eigenvalue weighted by Crippen LogP contribution is -2.48. The first-order valence-electron chi connectivity index (χ1n) is 7.01. The molecule has 0 aromatic heterocycles. The molecule has 0 aliphatic carbocycles. The number of nitrogens with zero attached hydrogens (tertiary/aromatic N) is 2. The van der Waals surface area contributed by atoms with E-state index < -0.39 is 5.97 Å². The summed E-state index contributed by atoms with van der Waals surface area (Å²) in [5.74, 6) is -0.126. The average molecular weight is 300 g/mol. The Balaban J connectivity index is 1.90. The molecule has 112 valence electrons. The minimum Gasteiger partial charge on any atom is -0.481 e. The second kappa shape index (κ2) is 6.97. The summed E-state index contributed by atoms with van der Waals surface area (Å²) in [6, 6.07) is 0.0118. The third-order valence-corrected chi connectivity index (χ3v) is 4.70. The first-order valence-corrected chi connectivity index (χ1v) is 7.99. The summed E-state index contributed by atoms with van der Waals surface area (Å²) in [7, 11) is 0. The maximum atomic E-state index is 12.3. The van der Waals surface area contributed by atoms with E-state index in [-0.39, 0.29) is 30.2 Å². The van der Waals surface area contributed by atoms with E-state index in [1.165, 1.54) is 11.8 Å². The SMILES string of the molecule is O=C(O)CCC1CCCCN1C(=O)CN1CCSC1=O. The normalized spacial score (nSPS) is 23.2. The highest BCUT2D eigenvalue weighted by molar-refractivity contribution is 8.13. The fourth-order valence-corrected chi connectivity index (χ4v) is 3.57. The fraction of sp³-hybridized carbons (Fsp3) is 0.769. The molecule has 0 bridgehead atoms. The number of carboxylic acids is 1. The van der Waals surface area contributed by atoms with E-state index in [0.29, 0.717) is 19.5 Å². The Morgan fingerprint density at radius 2 is 2.10 bits per heavy atom. The molecule has 0 aromatic rings. The van der Waals surface area contributed by atoms with E-state index in [4.69, 9.17) is 5.11 Å². The first-order chi connectivity index (χ1) is 9.58. The van der Waals surface area contributed by atoms with Crippen molar-refractivity contribution in [1.82, 2.24) is 9.80 Å². The van der Waals surface area contributed by atoms with Gasteiger partial charge in [-0.1, -0.05) is 11.8 Å². The number of likely N-dealkylation sites (tertiary alicyclic amines) is 1. The van der Waals surface area contributed by atoms with Crippen molar-refractivity contribution >= 4 is 28.9 Å². The smallest absolute Gasteiger partial charge is 0.303 e. The molecule has 2 heterocycles. The van der Waals surface area contributed by atoms with Crippen LogP contribution < -0.4 is 0 Å². The van der Waals surface area contributed by atoms with Crippen LogP contribution in [0.2, 0.25) is 0 Å². The molecule has 0 saturated carbocycles. The number of carbonyl (C=O) groups excluding carboxylic acids is 2. The van der Waals surface area contributed by atoms with Gasteiger partial charge in [-0.15, -0.1) is 0 Å². The highest BCUT2D eigenvalue weighted by Gasteiger charge is 2.30. The molecule has 6 nitrogen and oxygen atoms in total. The number of rotatable bonds is 5. The summed E-state index contributed by atoms with van der Waals surface area (Å²) in [5.41, 5.74) is 0. The van der Waals surface area contributed by atoms with Crippen LogP contribution in [0.3, 0.4) is 0 Å². The van der Waals surface area contributed by atoms with Crippen molar-refractivity contribution in [3.8, 4) is 0 Å². The molecule has 2 fully saturated rings. The van der Waals surface area contributed by atoms with Crippen molar-refractivity contribution in [3.63, 3.8) is 0 Å². The lowest BCUT2D eigenvalue weighted by Gasteiger charge is -2.36. The summed E-state index contributed by atoms with van der Waals surface area (Å²) < 4.78 is 0. The number of carbonyl (C=O) groups is 3. The maximum absolute atomic E-state index is 12.3. The van der Waals surface area contributed by atoms with Crippen LogP contribution in [0.25, 0.3) is 0 Å². The number of piperidine rings is 1. The van der Waals surface area contributed by atoms with Crippen LogP contribution >= 0.6 is 11.8 Å². The Hall–Kier alpha value is -1.24. The van der Waals surface area contributed by atoms with E-state index in [9.17, 15) is 14.4 Å². The lowest BCUT2D eigenvalue weighted by molar-refractivity contribution is -0.140. The van der Waals surface area contributed by atoms with Crippen LogP contribution in [0.15, 0.2) is 0 Å². The molecule has 0 spiro atoms. The molecule has 2 aliphatic rings. The van der Waals surface area contributed by atoms with Crippen LogP contribution in [0.1, 0.15) is 32.1 Å². The topological polar surface area (TPSA) is 77.9 Å². The minimum atomic E-state index is -0.825. The van der Waals surface area contributed by atoms with Gasteiger partial charge in [0, 0.05) is 31.3 Å². The molecular weight excluding hydrogens is 280 g/mol. The van der Waals surface area contributed by atoms with Gasteiger partial charge in [-0.25, -0.2) is 0 Å². The second-order valence-electron chi connectivity index (χ2n) is 5.21. The molecule has 0 aromatic carbocycles. The van der Waals surface area contributed by atoms with E-state index in [1.54, 1.807) is 9.80 Å². The van der Waals surface area contributed by atoms with Gasteiger partial charge in [-0.3, -0.25) is 14.4 Å². The zero-order chi connectivity index (χ0) is 14.5. The molecule has 1 unspecified atom stereocenters. The summed E-state index contributed by atoms with van der Waals surface area (Å²) in [6.45, 7) is 1.44. The molecule has 2 rings (SSSR count). The number of hydrogen-bond donors (Lipinski definition) is 1. The predicted octanol–water partition coefficient (Wildman–Crippen LogP) is 1.40. The van der Waals surface area contributed by atoms with Crippen molar-refractivity contribution < 1.29 is 19.5 Å². The fourth-order valence-electron chi connectivity index (χ4n) is 2.74. The van der Waals surface area contributed by atoms with Crippen LogP contribution in [0.5, 0.6) is 0 Å². The van der Waals surface area contributed by atoms with Gasteiger partial charge in [-0.2, -0.15) is 0 Å². The van der Waals surface area contributed by atoms with Gasteiger partial charge in [0.2, 0.25) is 5.91 Å². The van der Waals surface area contributed by atoms with E-state index in [0.717, 1.165) is 25.0 Å². The highest BCUT2D eigenvalue weighted by atomic mass is 32.2. The number of hydrogen-bond acceptors (Lipinski definition) is 4. The third-order valence-electron chi connectivity index (χ3n) is 3.81.